The maximum Gasteiger partial charge on any atom is 0.341 e. The van der Waals surface area contributed by atoms with Crippen molar-refractivity contribution in [1.82, 2.24) is 19.9 Å². The molecule has 10 heteroatoms. The summed E-state index contributed by atoms with van der Waals surface area (Å²) in [5.74, 6) is -0.553. The van der Waals surface area contributed by atoms with E-state index in [0.717, 1.165) is 31.2 Å². The Bertz CT molecular complexity index is 1060. The van der Waals surface area contributed by atoms with Crippen molar-refractivity contribution in [3.05, 3.63) is 28.7 Å². The van der Waals surface area contributed by atoms with E-state index in [1.54, 1.807) is 13.3 Å². The van der Waals surface area contributed by atoms with Gasteiger partial charge in [-0.05, 0) is 45.1 Å². The first kappa shape index (κ1) is 19.8. The molecule has 1 atom stereocenters. The van der Waals surface area contributed by atoms with E-state index < -0.39 is 5.25 Å². The molecule has 2 N–H and O–H groups in total. The second-order valence-corrected chi connectivity index (χ2v) is 9.10. The maximum atomic E-state index is 12.9. The first-order chi connectivity index (χ1) is 14.1. The highest BCUT2D eigenvalue weighted by molar-refractivity contribution is 8.00. The second kappa shape index (κ2) is 8.50. The van der Waals surface area contributed by atoms with E-state index in [1.165, 1.54) is 34.3 Å². The van der Waals surface area contributed by atoms with Crippen LogP contribution in [-0.4, -0.2) is 43.7 Å². The van der Waals surface area contributed by atoms with Crippen molar-refractivity contribution in [2.24, 2.45) is 0 Å². The minimum Gasteiger partial charge on any atom is -0.462 e. The van der Waals surface area contributed by atoms with Crippen LogP contribution in [0.15, 0.2) is 17.7 Å². The lowest BCUT2D eigenvalue weighted by Crippen LogP contribution is -2.23. The van der Waals surface area contributed by atoms with Gasteiger partial charge in [-0.15, -0.1) is 11.3 Å². The summed E-state index contributed by atoms with van der Waals surface area (Å²) in [6.07, 6.45) is 6.91. The smallest absolute Gasteiger partial charge is 0.341 e. The molecule has 0 spiro atoms. The Kier molecular flexibility index (Phi) is 5.81. The van der Waals surface area contributed by atoms with Gasteiger partial charge in [-0.1, -0.05) is 11.8 Å². The summed E-state index contributed by atoms with van der Waals surface area (Å²) in [4.78, 5) is 42.1. The molecule has 3 aromatic heterocycles. The third-order valence-corrected chi connectivity index (χ3v) is 7.04. The zero-order valence-electron chi connectivity index (χ0n) is 16.2. The SMILES string of the molecule is CCOC(=O)c1c(NC(=O)[C@H](C)Sc2ncnc3nc[nH]c23)sc2c1CCCC2. The normalized spacial score (nSPS) is 14.4. The molecular formula is C19H21N5O3S2. The molecule has 4 rings (SSSR count). The number of esters is 1. The van der Waals surface area contributed by atoms with Gasteiger partial charge in [-0.3, -0.25) is 4.79 Å². The van der Waals surface area contributed by atoms with Crippen molar-refractivity contribution < 1.29 is 14.3 Å². The van der Waals surface area contributed by atoms with Crippen molar-refractivity contribution in [1.29, 1.82) is 0 Å². The number of hydrogen-bond acceptors (Lipinski definition) is 8. The Labute approximate surface area is 175 Å². The van der Waals surface area contributed by atoms with Gasteiger partial charge in [-0.25, -0.2) is 19.7 Å². The van der Waals surface area contributed by atoms with Crippen LogP contribution in [0.1, 0.15) is 47.5 Å². The predicted octanol–water partition coefficient (Wildman–Crippen LogP) is 3.59. The van der Waals surface area contributed by atoms with E-state index in [4.69, 9.17) is 4.74 Å². The van der Waals surface area contributed by atoms with E-state index >= 15 is 0 Å². The first-order valence-corrected chi connectivity index (χ1v) is 11.2. The highest BCUT2D eigenvalue weighted by Crippen LogP contribution is 2.39. The molecule has 0 radical (unpaired) electrons. The van der Waals surface area contributed by atoms with E-state index in [2.05, 4.69) is 25.3 Å². The molecule has 8 nitrogen and oxygen atoms in total. The molecule has 1 aliphatic rings. The lowest BCUT2D eigenvalue weighted by atomic mass is 9.95. The van der Waals surface area contributed by atoms with Gasteiger partial charge in [0.15, 0.2) is 5.65 Å². The highest BCUT2D eigenvalue weighted by atomic mass is 32.2. The van der Waals surface area contributed by atoms with Crippen LogP contribution in [-0.2, 0) is 22.4 Å². The summed E-state index contributed by atoms with van der Waals surface area (Å²) in [7, 11) is 0. The average Bonchev–Trinajstić information content (AvgIpc) is 3.32. The minimum absolute atomic E-state index is 0.189. The van der Waals surface area contributed by atoms with E-state index in [9.17, 15) is 9.59 Å². The molecule has 0 saturated heterocycles. The van der Waals surface area contributed by atoms with Gasteiger partial charge >= 0.3 is 5.97 Å². The summed E-state index contributed by atoms with van der Waals surface area (Å²) in [5, 5.41) is 3.78. The number of fused-ring (bicyclic) bond motifs is 2. The number of aromatic nitrogens is 4. The van der Waals surface area contributed by atoms with Gasteiger partial charge in [0.05, 0.1) is 23.7 Å². The van der Waals surface area contributed by atoms with Crippen LogP contribution >= 0.6 is 23.1 Å². The molecule has 0 saturated carbocycles. The molecule has 0 fully saturated rings. The number of carbonyl (C=O) groups is 2. The first-order valence-electron chi connectivity index (χ1n) is 9.51. The lowest BCUT2D eigenvalue weighted by Gasteiger charge is -2.13. The summed E-state index contributed by atoms with van der Waals surface area (Å²) < 4.78 is 5.25. The van der Waals surface area contributed by atoms with Crippen molar-refractivity contribution in [3.8, 4) is 0 Å². The van der Waals surface area contributed by atoms with Crippen LogP contribution in [0, 0.1) is 0 Å². The summed E-state index contributed by atoms with van der Waals surface area (Å²) in [5.41, 5.74) is 2.82. The fourth-order valence-corrected chi connectivity index (χ4v) is 5.50. The van der Waals surface area contributed by atoms with Gasteiger partial charge in [-0.2, -0.15) is 0 Å². The highest BCUT2D eigenvalue weighted by Gasteiger charge is 2.28. The van der Waals surface area contributed by atoms with Crippen molar-refractivity contribution in [3.63, 3.8) is 0 Å². The molecule has 3 heterocycles. The topological polar surface area (TPSA) is 110 Å². The fraction of sp³-hybridized carbons (Fsp3) is 0.421. The summed E-state index contributed by atoms with van der Waals surface area (Å²) in [6.45, 7) is 3.89. The monoisotopic (exact) mass is 431 g/mol. The summed E-state index contributed by atoms with van der Waals surface area (Å²) >= 11 is 2.81. The number of ether oxygens (including phenoxy) is 1. The number of nitrogens with one attached hydrogen (secondary N) is 2. The molecule has 3 aromatic rings. The fourth-order valence-electron chi connectivity index (χ4n) is 3.34. The van der Waals surface area contributed by atoms with Gasteiger partial charge in [0.2, 0.25) is 5.91 Å². The Hall–Kier alpha value is -2.46. The Morgan fingerprint density at radius 2 is 2.14 bits per heavy atom. The number of carbonyl (C=O) groups excluding carboxylic acids is 2. The van der Waals surface area contributed by atoms with E-state index in [-0.39, 0.29) is 11.9 Å². The van der Waals surface area contributed by atoms with Crippen LogP contribution in [0.2, 0.25) is 0 Å². The number of imidazole rings is 1. The number of thioether (sulfide) groups is 1. The van der Waals surface area contributed by atoms with Crippen LogP contribution in [0.5, 0.6) is 0 Å². The maximum absolute atomic E-state index is 12.9. The third-order valence-electron chi connectivity index (χ3n) is 4.73. The van der Waals surface area contributed by atoms with Crippen molar-refractivity contribution >= 4 is 51.1 Å². The molecule has 0 aromatic carbocycles. The average molecular weight is 432 g/mol. The Morgan fingerprint density at radius 1 is 1.31 bits per heavy atom. The van der Waals surface area contributed by atoms with Gasteiger partial charge in [0.25, 0.3) is 0 Å². The number of hydrogen-bond donors (Lipinski definition) is 2. The quantitative estimate of drug-likeness (QED) is 0.349. The number of anilines is 1. The van der Waals surface area contributed by atoms with Crippen molar-refractivity contribution in [2.75, 3.05) is 11.9 Å². The molecule has 0 aliphatic heterocycles. The van der Waals surface area contributed by atoms with Crippen LogP contribution in [0.3, 0.4) is 0 Å². The number of aryl methyl sites for hydroxylation is 1. The molecule has 1 aliphatic carbocycles. The third kappa shape index (κ3) is 3.99. The zero-order valence-corrected chi connectivity index (χ0v) is 17.8. The molecule has 29 heavy (non-hydrogen) atoms. The minimum atomic E-state index is -0.425. The molecular weight excluding hydrogens is 410 g/mol. The second-order valence-electron chi connectivity index (χ2n) is 6.66. The predicted molar refractivity (Wildman–Crippen MR) is 113 cm³/mol. The zero-order chi connectivity index (χ0) is 20.4. The number of aromatic amines is 1. The number of rotatable bonds is 6. The lowest BCUT2D eigenvalue weighted by molar-refractivity contribution is -0.115. The molecule has 1 amide bonds. The molecule has 0 unspecified atom stereocenters. The Balaban J connectivity index is 1.55. The van der Waals surface area contributed by atoms with E-state index in [1.807, 2.05) is 6.92 Å². The van der Waals surface area contributed by atoms with Crippen LogP contribution in [0.4, 0.5) is 5.00 Å². The van der Waals surface area contributed by atoms with Gasteiger partial charge in [0, 0.05) is 4.88 Å². The number of thiophene rings is 1. The number of nitrogens with zero attached hydrogens (tertiary/aromatic N) is 3. The number of amides is 1. The van der Waals surface area contributed by atoms with Gasteiger partial charge < -0.3 is 15.0 Å². The standard InChI is InChI=1S/C19H21N5O3S2/c1-3-27-19(26)13-11-6-4-5-7-12(11)29-17(13)24-16(25)10(2)28-18-14-15(21-8-20-14)22-9-23-18/h8-10H,3-7H2,1-2H3,(H,24,25)(H,20,21,22,23)/t10-/m0/s1. The number of H-pyrrole nitrogens is 1. The molecule has 152 valence electrons. The van der Waals surface area contributed by atoms with Crippen LogP contribution in [0.25, 0.3) is 11.2 Å². The van der Waals surface area contributed by atoms with Crippen molar-refractivity contribution in [2.45, 2.75) is 49.8 Å². The molecule has 0 bridgehead atoms. The largest absolute Gasteiger partial charge is 0.462 e. The van der Waals surface area contributed by atoms with Gasteiger partial charge in [0.1, 0.15) is 21.9 Å². The van der Waals surface area contributed by atoms with Crippen LogP contribution < -0.4 is 5.32 Å². The Morgan fingerprint density at radius 3 is 2.97 bits per heavy atom. The summed E-state index contributed by atoms with van der Waals surface area (Å²) in [6, 6.07) is 0. The van der Waals surface area contributed by atoms with E-state index in [0.29, 0.717) is 33.4 Å².